The molecule has 24 heavy (non-hydrogen) atoms. The third kappa shape index (κ3) is 5.30. The second kappa shape index (κ2) is 7.74. The Kier molecular flexibility index (Phi) is 5.93. The van der Waals surface area contributed by atoms with Crippen LogP contribution in [0.25, 0.3) is 0 Å². The molecular formula is C16H21F3N2O3. The number of morpholine rings is 1. The maximum Gasteiger partial charge on any atom is 0.422 e. The Hall–Kier alpha value is -1.96. The van der Waals surface area contributed by atoms with Gasteiger partial charge in [0.15, 0.2) is 6.61 Å². The molecule has 0 aliphatic carbocycles. The first kappa shape index (κ1) is 18.4. The first-order valence-corrected chi connectivity index (χ1v) is 7.69. The third-order valence-electron chi connectivity index (χ3n) is 3.64. The Morgan fingerprint density at radius 2 is 2.04 bits per heavy atom. The summed E-state index contributed by atoms with van der Waals surface area (Å²) < 4.78 is 46.6. The van der Waals surface area contributed by atoms with Gasteiger partial charge in [0.25, 0.3) is 0 Å². The van der Waals surface area contributed by atoms with E-state index in [0.717, 1.165) is 0 Å². The number of alkyl halides is 3. The molecule has 0 bridgehead atoms. The molecule has 1 fully saturated rings. The minimum Gasteiger partial charge on any atom is -0.484 e. The average Bonchev–Trinajstić information content (AvgIpc) is 2.53. The number of nitrogens with one attached hydrogen (secondary N) is 1. The molecule has 1 N–H and O–H groups in total. The van der Waals surface area contributed by atoms with Crippen molar-refractivity contribution in [1.82, 2.24) is 4.90 Å². The number of hydrogen-bond acceptors (Lipinski definition) is 4. The quantitative estimate of drug-likeness (QED) is 0.890. The van der Waals surface area contributed by atoms with E-state index in [1.807, 2.05) is 0 Å². The van der Waals surface area contributed by atoms with Gasteiger partial charge in [-0.3, -0.25) is 4.79 Å². The van der Waals surface area contributed by atoms with E-state index in [2.05, 4.69) is 5.32 Å². The van der Waals surface area contributed by atoms with Crippen LogP contribution in [0.1, 0.15) is 12.5 Å². The maximum absolute atomic E-state index is 12.3. The highest BCUT2D eigenvalue weighted by Gasteiger charge is 2.28. The fourth-order valence-corrected chi connectivity index (χ4v) is 2.43. The summed E-state index contributed by atoms with van der Waals surface area (Å²) in [6.07, 6.45) is -4.37. The molecule has 1 aliphatic rings. The van der Waals surface area contributed by atoms with Gasteiger partial charge in [-0.1, -0.05) is 0 Å². The van der Waals surface area contributed by atoms with E-state index < -0.39 is 18.8 Å². The van der Waals surface area contributed by atoms with Crippen LogP contribution in [-0.2, 0) is 9.53 Å². The van der Waals surface area contributed by atoms with Crippen molar-refractivity contribution in [3.05, 3.63) is 23.8 Å². The van der Waals surface area contributed by atoms with Crippen LogP contribution in [0.2, 0.25) is 0 Å². The van der Waals surface area contributed by atoms with Gasteiger partial charge in [-0.15, -0.1) is 0 Å². The van der Waals surface area contributed by atoms with Crippen molar-refractivity contribution in [1.29, 1.82) is 0 Å². The fourth-order valence-electron chi connectivity index (χ4n) is 2.43. The Morgan fingerprint density at radius 1 is 1.38 bits per heavy atom. The van der Waals surface area contributed by atoms with Crippen LogP contribution in [0.4, 0.5) is 18.9 Å². The summed E-state index contributed by atoms with van der Waals surface area (Å²) in [5.41, 5.74) is 1.22. The molecule has 0 spiro atoms. The zero-order chi connectivity index (χ0) is 17.7. The first-order chi connectivity index (χ1) is 11.3. The highest BCUT2D eigenvalue weighted by molar-refractivity contribution is 5.84. The minimum atomic E-state index is -4.37. The second-order valence-corrected chi connectivity index (χ2v) is 5.69. The number of benzene rings is 1. The van der Waals surface area contributed by atoms with Crippen LogP contribution in [0.5, 0.6) is 5.75 Å². The number of amides is 1. The molecule has 0 aromatic heterocycles. The molecule has 1 aliphatic heterocycles. The predicted molar refractivity (Wildman–Crippen MR) is 83.2 cm³/mol. The van der Waals surface area contributed by atoms with Crippen LogP contribution in [0, 0.1) is 6.92 Å². The number of hydrogen-bond donors (Lipinski definition) is 1. The molecule has 1 saturated heterocycles. The molecule has 1 aromatic rings. The van der Waals surface area contributed by atoms with E-state index in [1.54, 1.807) is 30.9 Å². The van der Waals surface area contributed by atoms with Gasteiger partial charge in [0.1, 0.15) is 11.8 Å². The fraction of sp³-hybridized carbons (Fsp3) is 0.562. The normalized spacial score (nSPS) is 16.6. The van der Waals surface area contributed by atoms with Crippen LogP contribution < -0.4 is 10.1 Å². The molecule has 1 heterocycles. The number of ether oxygens (including phenoxy) is 2. The van der Waals surface area contributed by atoms with Gasteiger partial charge < -0.3 is 19.7 Å². The molecule has 134 valence electrons. The van der Waals surface area contributed by atoms with E-state index in [4.69, 9.17) is 9.47 Å². The number of rotatable bonds is 5. The number of carbonyl (C=O) groups excluding carboxylic acids is 1. The maximum atomic E-state index is 12.3. The molecule has 1 atom stereocenters. The van der Waals surface area contributed by atoms with Gasteiger partial charge in [0.05, 0.1) is 13.2 Å². The third-order valence-corrected chi connectivity index (χ3v) is 3.64. The highest BCUT2D eigenvalue weighted by atomic mass is 19.4. The average molecular weight is 346 g/mol. The summed E-state index contributed by atoms with van der Waals surface area (Å²) in [5, 5.41) is 3.07. The van der Waals surface area contributed by atoms with Crippen molar-refractivity contribution in [3.8, 4) is 5.75 Å². The summed E-state index contributed by atoms with van der Waals surface area (Å²) in [6.45, 7) is 4.27. The zero-order valence-corrected chi connectivity index (χ0v) is 13.7. The minimum absolute atomic E-state index is 0.0339. The molecule has 8 heteroatoms. The van der Waals surface area contributed by atoms with Crippen molar-refractivity contribution in [3.63, 3.8) is 0 Å². The number of halogens is 3. The lowest BCUT2D eigenvalue weighted by atomic mass is 10.1. The Bertz CT molecular complexity index is 572. The lowest BCUT2D eigenvalue weighted by molar-refractivity contribution is -0.153. The Labute approximate surface area is 138 Å². The van der Waals surface area contributed by atoms with Crippen molar-refractivity contribution in [2.75, 3.05) is 38.2 Å². The summed E-state index contributed by atoms with van der Waals surface area (Å²) in [7, 11) is 0. The molecule has 1 amide bonds. The smallest absolute Gasteiger partial charge is 0.422 e. The van der Waals surface area contributed by atoms with Gasteiger partial charge in [-0.25, -0.2) is 0 Å². The molecule has 0 saturated carbocycles. The predicted octanol–water partition coefficient (Wildman–Crippen LogP) is 2.60. The lowest BCUT2D eigenvalue weighted by Crippen LogP contribution is -2.47. The van der Waals surface area contributed by atoms with Crippen molar-refractivity contribution in [2.45, 2.75) is 26.1 Å². The van der Waals surface area contributed by atoms with Crippen LogP contribution in [0.3, 0.4) is 0 Å². The second-order valence-electron chi connectivity index (χ2n) is 5.69. The number of aryl methyl sites for hydroxylation is 1. The summed E-state index contributed by atoms with van der Waals surface area (Å²) in [5.74, 6) is 0.137. The highest BCUT2D eigenvalue weighted by Crippen LogP contribution is 2.25. The van der Waals surface area contributed by atoms with E-state index in [-0.39, 0.29) is 11.7 Å². The van der Waals surface area contributed by atoms with Crippen LogP contribution in [-0.4, -0.2) is 55.9 Å². The lowest BCUT2D eigenvalue weighted by Gasteiger charge is -2.29. The number of anilines is 1. The molecular weight excluding hydrogens is 325 g/mol. The summed E-state index contributed by atoms with van der Waals surface area (Å²) in [4.78, 5) is 14.1. The number of nitrogens with zero attached hydrogens (tertiary/aromatic N) is 1. The Balaban J connectivity index is 1.94. The first-order valence-electron chi connectivity index (χ1n) is 7.69. The van der Waals surface area contributed by atoms with Crippen molar-refractivity contribution >= 4 is 11.6 Å². The topological polar surface area (TPSA) is 50.8 Å². The standard InChI is InChI=1S/C16H21F3N2O3/c1-11-9-13(3-4-14(11)24-10-16(17,18)19)20-12(2)15(22)21-5-7-23-8-6-21/h3-4,9,12,20H,5-8,10H2,1-2H3. The summed E-state index contributed by atoms with van der Waals surface area (Å²) in [6, 6.07) is 4.29. The molecule has 0 radical (unpaired) electrons. The Morgan fingerprint density at radius 3 is 2.62 bits per heavy atom. The summed E-state index contributed by atoms with van der Waals surface area (Å²) >= 11 is 0. The van der Waals surface area contributed by atoms with Crippen LogP contribution in [0.15, 0.2) is 18.2 Å². The van der Waals surface area contributed by atoms with E-state index in [9.17, 15) is 18.0 Å². The SMILES string of the molecule is Cc1cc(NC(C)C(=O)N2CCOCC2)ccc1OCC(F)(F)F. The van der Waals surface area contributed by atoms with Gasteiger partial charge in [0, 0.05) is 18.8 Å². The van der Waals surface area contributed by atoms with E-state index in [0.29, 0.717) is 37.6 Å². The van der Waals surface area contributed by atoms with Crippen molar-refractivity contribution in [2.24, 2.45) is 0 Å². The zero-order valence-electron chi connectivity index (χ0n) is 13.7. The van der Waals surface area contributed by atoms with Gasteiger partial charge in [-0.05, 0) is 37.6 Å². The van der Waals surface area contributed by atoms with E-state index >= 15 is 0 Å². The van der Waals surface area contributed by atoms with Crippen LogP contribution >= 0.6 is 0 Å². The monoisotopic (exact) mass is 346 g/mol. The number of carbonyl (C=O) groups is 1. The van der Waals surface area contributed by atoms with Crippen molar-refractivity contribution < 1.29 is 27.4 Å². The molecule has 1 unspecified atom stereocenters. The van der Waals surface area contributed by atoms with Gasteiger partial charge >= 0.3 is 6.18 Å². The van der Waals surface area contributed by atoms with Gasteiger partial charge in [0.2, 0.25) is 5.91 Å². The molecule has 1 aromatic carbocycles. The van der Waals surface area contributed by atoms with E-state index in [1.165, 1.54) is 6.07 Å². The molecule has 2 rings (SSSR count). The largest absolute Gasteiger partial charge is 0.484 e. The molecule has 5 nitrogen and oxygen atoms in total. The van der Waals surface area contributed by atoms with Gasteiger partial charge in [-0.2, -0.15) is 13.2 Å².